The summed E-state index contributed by atoms with van der Waals surface area (Å²) in [5.41, 5.74) is 3.93. The van der Waals surface area contributed by atoms with Crippen LogP contribution in [0.4, 0.5) is 0 Å². The summed E-state index contributed by atoms with van der Waals surface area (Å²) in [6, 6.07) is 27.2. The zero-order chi connectivity index (χ0) is 19.3. The first-order chi connectivity index (χ1) is 13.7. The van der Waals surface area contributed by atoms with Gasteiger partial charge in [0.1, 0.15) is 0 Å². The van der Waals surface area contributed by atoms with Gasteiger partial charge in [0, 0.05) is 17.5 Å². The van der Waals surface area contributed by atoms with E-state index in [1.807, 2.05) is 91.0 Å². The van der Waals surface area contributed by atoms with Crippen molar-refractivity contribution in [2.75, 3.05) is 0 Å². The third-order valence-electron chi connectivity index (χ3n) is 4.72. The number of hydrogen-bond acceptors (Lipinski definition) is 2. The van der Waals surface area contributed by atoms with E-state index in [0.717, 1.165) is 22.4 Å². The van der Waals surface area contributed by atoms with Crippen LogP contribution in [0.15, 0.2) is 96.1 Å². The number of hydrazone groups is 1. The molecule has 0 bridgehead atoms. The van der Waals surface area contributed by atoms with Crippen LogP contribution in [0.25, 0.3) is 6.08 Å². The van der Waals surface area contributed by atoms with Gasteiger partial charge in [0.25, 0.3) is 5.91 Å². The van der Waals surface area contributed by atoms with Gasteiger partial charge in [0.15, 0.2) is 0 Å². The van der Waals surface area contributed by atoms with Crippen molar-refractivity contribution in [1.29, 1.82) is 0 Å². The number of rotatable bonds is 4. The Bertz CT molecular complexity index is 1010. The smallest absolute Gasteiger partial charge is 0.267 e. The fraction of sp³-hybridized carbons (Fsp3) is 0.0833. The largest absolute Gasteiger partial charge is 0.268 e. The lowest BCUT2D eigenvalue weighted by molar-refractivity contribution is -0.127. The van der Waals surface area contributed by atoms with Crippen LogP contribution in [0.1, 0.15) is 29.2 Å². The molecule has 0 saturated carbocycles. The molecule has 28 heavy (non-hydrogen) atoms. The highest BCUT2D eigenvalue weighted by atomic mass is 35.5. The van der Waals surface area contributed by atoms with E-state index < -0.39 is 0 Å². The van der Waals surface area contributed by atoms with Crippen molar-refractivity contribution in [1.82, 2.24) is 5.01 Å². The van der Waals surface area contributed by atoms with Crippen LogP contribution in [-0.4, -0.2) is 16.6 Å². The van der Waals surface area contributed by atoms with Gasteiger partial charge in [-0.1, -0.05) is 84.4 Å². The third kappa shape index (κ3) is 4.05. The van der Waals surface area contributed by atoms with E-state index in [-0.39, 0.29) is 11.9 Å². The maximum atomic E-state index is 13.0. The summed E-state index contributed by atoms with van der Waals surface area (Å²) in [4.78, 5) is 13.0. The number of benzene rings is 3. The molecule has 0 aromatic heterocycles. The molecule has 1 atom stereocenters. The summed E-state index contributed by atoms with van der Waals surface area (Å²) >= 11 is 6.04. The van der Waals surface area contributed by atoms with E-state index >= 15 is 0 Å². The van der Waals surface area contributed by atoms with Gasteiger partial charge in [-0.25, -0.2) is 5.01 Å². The highest BCUT2D eigenvalue weighted by Crippen LogP contribution is 2.33. The SMILES string of the molecule is O=C(/C=C/c1ccccc1)N1N=C(c2ccccc2)C[C@@H]1c1ccc(Cl)cc1. The minimum Gasteiger partial charge on any atom is -0.268 e. The molecular weight excluding hydrogens is 368 g/mol. The lowest BCUT2D eigenvalue weighted by Gasteiger charge is -2.20. The quantitative estimate of drug-likeness (QED) is 0.527. The molecule has 3 aromatic rings. The van der Waals surface area contributed by atoms with Crippen molar-refractivity contribution >= 4 is 29.3 Å². The van der Waals surface area contributed by atoms with Gasteiger partial charge in [-0.3, -0.25) is 4.79 Å². The van der Waals surface area contributed by atoms with Crippen molar-refractivity contribution in [2.45, 2.75) is 12.5 Å². The topological polar surface area (TPSA) is 32.7 Å². The number of amides is 1. The van der Waals surface area contributed by atoms with E-state index in [9.17, 15) is 4.79 Å². The first kappa shape index (κ1) is 18.2. The second kappa shape index (κ2) is 8.24. The summed E-state index contributed by atoms with van der Waals surface area (Å²) in [5.74, 6) is -0.144. The Morgan fingerprint density at radius 1 is 0.929 bits per heavy atom. The number of halogens is 1. The standard InChI is InChI=1S/C24H19ClN2O/c25-21-14-12-20(13-15-21)23-17-22(19-9-5-2-6-10-19)26-27(23)24(28)16-11-18-7-3-1-4-8-18/h1-16,23H,17H2/b16-11+/t23-/m1/s1. The average Bonchev–Trinajstić information content (AvgIpc) is 3.19. The molecule has 0 spiro atoms. The van der Waals surface area contributed by atoms with Crippen LogP contribution in [0.2, 0.25) is 5.02 Å². The van der Waals surface area contributed by atoms with E-state index in [1.165, 1.54) is 0 Å². The van der Waals surface area contributed by atoms with Gasteiger partial charge in [-0.15, -0.1) is 0 Å². The molecule has 1 heterocycles. The average molecular weight is 387 g/mol. The second-order valence-electron chi connectivity index (χ2n) is 6.61. The van der Waals surface area contributed by atoms with Crippen LogP contribution in [0.5, 0.6) is 0 Å². The van der Waals surface area contributed by atoms with Gasteiger partial charge in [-0.2, -0.15) is 5.10 Å². The maximum absolute atomic E-state index is 13.0. The molecule has 1 aliphatic rings. The molecule has 1 amide bonds. The minimum absolute atomic E-state index is 0.144. The van der Waals surface area contributed by atoms with E-state index in [4.69, 9.17) is 11.6 Å². The molecule has 4 rings (SSSR count). The monoisotopic (exact) mass is 386 g/mol. The van der Waals surface area contributed by atoms with Crippen molar-refractivity contribution in [2.24, 2.45) is 5.10 Å². The van der Waals surface area contributed by atoms with Crippen molar-refractivity contribution in [3.05, 3.63) is 113 Å². The highest BCUT2D eigenvalue weighted by molar-refractivity contribution is 6.30. The van der Waals surface area contributed by atoms with Crippen LogP contribution < -0.4 is 0 Å². The van der Waals surface area contributed by atoms with Crippen LogP contribution in [-0.2, 0) is 4.79 Å². The molecule has 3 aromatic carbocycles. The summed E-state index contributed by atoms with van der Waals surface area (Å²) < 4.78 is 0. The Hall–Kier alpha value is -3.17. The summed E-state index contributed by atoms with van der Waals surface area (Å²) in [6.45, 7) is 0. The molecule has 0 aliphatic carbocycles. The van der Waals surface area contributed by atoms with Gasteiger partial charge in [-0.05, 0) is 34.9 Å². The molecule has 0 N–H and O–H groups in total. The molecule has 0 radical (unpaired) electrons. The summed E-state index contributed by atoms with van der Waals surface area (Å²) in [5, 5.41) is 6.92. The molecule has 1 aliphatic heterocycles. The Balaban J connectivity index is 1.64. The molecular formula is C24H19ClN2O. The van der Waals surface area contributed by atoms with Crippen molar-refractivity contribution < 1.29 is 4.79 Å². The maximum Gasteiger partial charge on any atom is 0.267 e. The number of nitrogens with zero attached hydrogens (tertiary/aromatic N) is 2. The van der Waals surface area contributed by atoms with Crippen LogP contribution >= 0.6 is 11.6 Å². The van der Waals surface area contributed by atoms with E-state index in [1.54, 1.807) is 11.1 Å². The predicted octanol–water partition coefficient (Wildman–Crippen LogP) is 5.73. The Kier molecular flexibility index (Phi) is 5.36. The van der Waals surface area contributed by atoms with Crippen LogP contribution in [0, 0.1) is 0 Å². The molecule has 0 unspecified atom stereocenters. The molecule has 4 heteroatoms. The van der Waals surface area contributed by atoms with Gasteiger partial charge < -0.3 is 0 Å². The molecule has 0 saturated heterocycles. The zero-order valence-electron chi connectivity index (χ0n) is 15.2. The minimum atomic E-state index is -0.152. The lowest BCUT2D eigenvalue weighted by atomic mass is 9.98. The first-order valence-electron chi connectivity index (χ1n) is 9.15. The number of carbonyl (C=O) groups is 1. The van der Waals surface area contributed by atoms with E-state index in [0.29, 0.717) is 11.4 Å². The summed E-state index contributed by atoms with van der Waals surface area (Å²) in [7, 11) is 0. The summed E-state index contributed by atoms with van der Waals surface area (Å²) in [6.07, 6.45) is 4.06. The Labute approximate surface area is 169 Å². The zero-order valence-corrected chi connectivity index (χ0v) is 16.0. The molecule has 0 fully saturated rings. The number of hydrogen-bond donors (Lipinski definition) is 0. The fourth-order valence-electron chi connectivity index (χ4n) is 3.27. The number of carbonyl (C=O) groups excluding carboxylic acids is 1. The normalized spacial score (nSPS) is 16.4. The lowest BCUT2D eigenvalue weighted by Crippen LogP contribution is -2.25. The second-order valence-corrected chi connectivity index (χ2v) is 7.05. The van der Waals surface area contributed by atoms with Crippen molar-refractivity contribution in [3.8, 4) is 0 Å². The van der Waals surface area contributed by atoms with Gasteiger partial charge in [0.05, 0.1) is 11.8 Å². The van der Waals surface area contributed by atoms with Crippen LogP contribution in [0.3, 0.4) is 0 Å². The first-order valence-corrected chi connectivity index (χ1v) is 9.53. The van der Waals surface area contributed by atoms with Gasteiger partial charge in [0.2, 0.25) is 0 Å². The molecule has 138 valence electrons. The Morgan fingerprint density at radius 3 is 2.25 bits per heavy atom. The fourth-order valence-corrected chi connectivity index (χ4v) is 3.40. The van der Waals surface area contributed by atoms with Crippen molar-refractivity contribution in [3.63, 3.8) is 0 Å². The predicted molar refractivity (Wildman–Crippen MR) is 114 cm³/mol. The Morgan fingerprint density at radius 2 is 1.57 bits per heavy atom. The van der Waals surface area contributed by atoms with Gasteiger partial charge >= 0.3 is 0 Å². The third-order valence-corrected chi connectivity index (χ3v) is 4.97. The van der Waals surface area contributed by atoms with E-state index in [2.05, 4.69) is 5.10 Å². The highest BCUT2D eigenvalue weighted by Gasteiger charge is 2.32. The molecule has 3 nitrogen and oxygen atoms in total.